The number of aromatic nitrogens is 4. The first-order valence-corrected chi connectivity index (χ1v) is 9.16. The van der Waals surface area contributed by atoms with Crippen LogP contribution < -0.4 is 0 Å². The maximum Gasteiger partial charge on any atom is 0.145 e. The van der Waals surface area contributed by atoms with Gasteiger partial charge in [0.05, 0.1) is 17.7 Å². The molecule has 1 aliphatic carbocycles. The van der Waals surface area contributed by atoms with Crippen LogP contribution in [0.3, 0.4) is 0 Å². The number of thioether (sulfide) groups is 1. The lowest BCUT2D eigenvalue weighted by Crippen LogP contribution is -2.28. The molecule has 0 radical (unpaired) electrons. The number of aryl methyl sites for hydroxylation is 1. The van der Waals surface area contributed by atoms with E-state index < -0.39 is 0 Å². The molecule has 0 bridgehead atoms. The van der Waals surface area contributed by atoms with Crippen molar-refractivity contribution >= 4 is 11.8 Å². The van der Waals surface area contributed by atoms with Crippen molar-refractivity contribution in [1.29, 1.82) is 0 Å². The lowest BCUT2D eigenvalue weighted by molar-refractivity contribution is 0.254. The van der Waals surface area contributed by atoms with E-state index in [1.54, 1.807) is 0 Å². The van der Waals surface area contributed by atoms with Crippen LogP contribution in [0.1, 0.15) is 42.8 Å². The zero-order valence-corrected chi connectivity index (χ0v) is 14.4. The Kier molecular flexibility index (Phi) is 3.50. The SMILES string of the molecule is Cc1cccc(C2(c3nnc4n3CCS[C@](C)(CO)C4)CC2)n1. The molecule has 2 aromatic heterocycles. The summed E-state index contributed by atoms with van der Waals surface area (Å²) in [7, 11) is 0. The van der Waals surface area contributed by atoms with E-state index in [-0.39, 0.29) is 16.8 Å². The number of rotatable bonds is 3. The van der Waals surface area contributed by atoms with Crippen molar-refractivity contribution in [3.05, 3.63) is 41.2 Å². The van der Waals surface area contributed by atoms with E-state index in [0.717, 1.165) is 54.6 Å². The fourth-order valence-corrected chi connectivity index (χ4v) is 4.54. The molecule has 1 N–H and O–H groups in total. The third-order valence-corrected chi connectivity index (χ3v) is 6.37. The minimum Gasteiger partial charge on any atom is -0.395 e. The summed E-state index contributed by atoms with van der Waals surface area (Å²) >= 11 is 1.83. The molecule has 0 amide bonds. The van der Waals surface area contributed by atoms with Crippen LogP contribution in [0.5, 0.6) is 0 Å². The van der Waals surface area contributed by atoms with Crippen molar-refractivity contribution < 1.29 is 5.11 Å². The average Bonchev–Trinajstić information content (AvgIpc) is 3.29. The van der Waals surface area contributed by atoms with Crippen LogP contribution in [-0.4, -0.2) is 42.0 Å². The lowest BCUT2D eigenvalue weighted by Gasteiger charge is -2.23. The second-order valence-electron chi connectivity index (χ2n) is 6.97. The number of nitrogens with zero attached hydrogens (tertiary/aromatic N) is 4. The Morgan fingerprint density at radius 1 is 1.30 bits per heavy atom. The minimum atomic E-state index is -0.156. The smallest absolute Gasteiger partial charge is 0.145 e. The molecule has 5 nitrogen and oxygen atoms in total. The predicted molar refractivity (Wildman–Crippen MR) is 90.7 cm³/mol. The molecule has 3 heterocycles. The van der Waals surface area contributed by atoms with E-state index in [1.807, 2.05) is 24.8 Å². The summed E-state index contributed by atoms with van der Waals surface area (Å²) in [6.07, 6.45) is 2.94. The van der Waals surface area contributed by atoms with Crippen molar-refractivity contribution in [1.82, 2.24) is 19.7 Å². The van der Waals surface area contributed by atoms with Gasteiger partial charge in [0.25, 0.3) is 0 Å². The Morgan fingerprint density at radius 2 is 2.13 bits per heavy atom. The number of pyridine rings is 1. The van der Waals surface area contributed by atoms with Crippen LogP contribution in [0.4, 0.5) is 0 Å². The molecule has 0 spiro atoms. The summed E-state index contributed by atoms with van der Waals surface area (Å²) in [5.41, 5.74) is 2.12. The topological polar surface area (TPSA) is 63.8 Å². The molecular formula is C17H22N4OS. The van der Waals surface area contributed by atoms with Crippen LogP contribution in [0.2, 0.25) is 0 Å². The van der Waals surface area contributed by atoms with Gasteiger partial charge in [-0.25, -0.2) is 0 Å². The number of fused-ring (bicyclic) bond motifs is 1. The van der Waals surface area contributed by atoms with E-state index in [9.17, 15) is 5.11 Å². The Labute approximate surface area is 140 Å². The van der Waals surface area contributed by atoms with Gasteiger partial charge in [-0.05, 0) is 38.8 Å². The fourth-order valence-electron chi connectivity index (χ4n) is 3.45. The normalized spacial score (nSPS) is 25.7. The minimum absolute atomic E-state index is 0.0537. The first kappa shape index (κ1) is 15.1. The van der Waals surface area contributed by atoms with E-state index in [0.29, 0.717) is 0 Å². The molecule has 4 rings (SSSR count). The largest absolute Gasteiger partial charge is 0.395 e. The molecule has 1 fully saturated rings. The predicted octanol–water partition coefficient (Wildman–Crippen LogP) is 2.10. The number of hydrogen-bond acceptors (Lipinski definition) is 5. The summed E-state index contributed by atoms with van der Waals surface area (Å²) in [5, 5.41) is 18.7. The van der Waals surface area contributed by atoms with E-state index in [4.69, 9.17) is 4.98 Å². The molecule has 6 heteroatoms. The monoisotopic (exact) mass is 330 g/mol. The summed E-state index contributed by atoms with van der Waals surface area (Å²) in [5.74, 6) is 3.04. The van der Waals surface area contributed by atoms with Gasteiger partial charge in [-0.1, -0.05) is 6.07 Å². The molecule has 1 aliphatic heterocycles. The highest BCUT2D eigenvalue weighted by atomic mass is 32.2. The van der Waals surface area contributed by atoms with Gasteiger partial charge in [0.2, 0.25) is 0 Å². The Bertz CT molecular complexity index is 740. The van der Waals surface area contributed by atoms with E-state index in [1.165, 1.54) is 0 Å². The first-order chi connectivity index (χ1) is 11.1. The summed E-state index contributed by atoms with van der Waals surface area (Å²) in [4.78, 5) is 4.75. The van der Waals surface area contributed by atoms with Crippen molar-refractivity contribution in [3.8, 4) is 0 Å². The van der Waals surface area contributed by atoms with Gasteiger partial charge in [-0.3, -0.25) is 4.98 Å². The van der Waals surface area contributed by atoms with Gasteiger partial charge in [-0.15, -0.1) is 10.2 Å². The molecule has 122 valence electrons. The quantitative estimate of drug-likeness (QED) is 0.934. The second kappa shape index (κ2) is 5.31. The first-order valence-electron chi connectivity index (χ1n) is 8.18. The van der Waals surface area contributed by atoms with E-state index in [2.05, 4.69) is 33.8 Å². The van der Waals surface area contributed by atoms with Gasteiger partial charge in [-0.2, -0.15) is 11.8 Å². The van der Waals surface area contributed by atoms with Crippen LogP contribution in [-0.2, 0) is 18.4 Å². The van der Waals surface area contributed by atoms with Crippen LogP contribution >= 0.6 is 11.8 Å². The molecule has 2 aromatic rings. The second-order valence-corrected chi connectivity index (χ2v) is 8.65. The molecule has 0 aromatic carbocycles. The lowest BCUT2D eigenvalue weighted by atomic mass is 10.00. The van der Waals surface area contributed by atoms with Gasteiger partial charge < -0.3 is 9.67 Å². The standard InChI is InChI=1S/C17H22N4OS/c1-12-4-3-5-13(18-12)17(6-7-17)15-20-19-14-10-16(2,11-22)23-9-8-21(14)15/h3-5,22H,6-11H2,1-2H3/t16-/m0/s1. The Balaban J connectivity index is 1.75. The van der Waals surface area contributed by atoms with Crippen LogP contribution in [0, 0.1) is 6.92 Å². The van der Waals surface area contributed by atoms with Crippen LogP contribution in [0.15, 0.2) is 18.2 Å². The highest BCUT2D eigenvalue weighted by molar-refractivity contribution is 8.00. The Hall–Kier alpha value is -1.40. The molecule has 2 aliphatic rings. The van der Waals surface area contributed by atoms with Gasteiger partial charge in [0.15, 0.2) is 0 Å². The van der Waals surface area contributed by atoms with Crippen molar-refractivity contribution in [2.24, 2.45) is 0 Å². The maximum atomic E-state index is 9.70. The third-order valence-electron chi connectivity index (χ3n) is 5.02. The maximum absolute atomic E-state index is 9.70. The molecule has 1 saturated carbocycles. The molecule has 23 heavy (non-hydrogen) atoms. The number of hydrogen-bond donors (Lipinski definition) is 1. The number of aliphatic hydroxyl groups is 1. The van der Waals surface area contributed by atoms with Crippen LogP contribution in [0.25, 0.3) is 0 Å². The average molecular weight is 330 g/mol. The van der Waals surface area contributed by atoms with Crippen molar-refractivity contribution in [2.45, 2.75) is 49.8 Å². The summed E-state index contributed by atoms with van der Waals surface area (Å²) in [6, 6.07) is 6.23. The zero-order valence-electron chi connectivity index (χ0n) is 13.6. The fraction of sp³-hybridized carbons (Fsp3) is 0.588. The van der Waals surface area contributed by atoms with Gasteiger partial charge >= 0.3 is 0 Å². The highest BCUT2D eigenvalue weighted by Crippen LogP contribution is 2.52. The molecule has 0 unspecified atom stereocenters. The Morgan fingerprint density at radius 3 is 2.83 bits per heavy atom. The molecule has 1 atom stereocenters. The molecular weight excluding hydrogens is 308 g/mol. The summed E-state index contributed by atoms with van der Waals surface area (Å²) < 4.78 is 2.13. The third kappa shape index (κ3) is 2.48. The van der Waals surface area contributed by atoms with E-state index >= 15 is 0 Å². The van der Waals surface area contributed by atoms with Crippen molar-refractivity contribution in [3.63, 3.8) is 0 Å². The van der Waals surface area contributed by atoms with Gasteiger partial charge in [0.1, 0.15) is 11.6 Å². The van der Waals surface area contributed by atoms with Crippen molar-refractivity contribution in [2.75, 3.05) is 12.4 Å². The highest BCUT2D eigenvalue weighted by Gasteiger charge is 2.52. The summed E-state index contributed by atoms with van der Waals surface area (Å²) in [6.45, 7) is 5.22. The number of aliphatic hydroxyl groups excluding tert-OH is 1. The van der Waals surface area contributed by atoms with Gasteiger partial charge in [0, 0.05) is 29.2 Å². The molecule has 0 saturated heterocycles. The zero-order chi connectivity index (χ0) is 16.1.